The summed E-state index contributed by atoms with van der Waals surface area (Å²) in [5.41, 5.74) is 0.190. The van der Waals surface area contributed by atoms with Crippen molar-refractivity contribution < 1.29 is 39.8 Å². The number of hydrogen-bond donors (Lipinski definition) is 5. The van der Waals surface area contributed by atoms with Crippen molar-refractivity contribution in [3.63, 3.8) is 0 Å². The molecule has 1 heterocycles. The van der Waals surface area contributed by atoms with E-state index in [1.165, 1.54) is 12.1 Å². The molecular weight excluding hydrogens is 284 g/mol. The van der Waals surface area contributed by atoms with Gasteiger partial charge in [0, 0.05) is 0 Å². The summed E-state index contributed by atoms with van der Waals surface area (Å²) in [5, 5.41) is 47.0. The van der Waals surface area contributed by atoms with Crippen molar-refractivity contribution in [3.8, 4) is 0 Å². The fourth-order valence-electron chi connectivity index (χ4n) is 1.97. The van der Waals surface area contributed by atoms with Crippen LogP contribution in [-0.2, 0) is 9.47 Å². The molecule has 8 nitrogen and oxygen atoms in total. The lowest BCUT2D eigenvalue weighted by atomic mass is 9.98. The van der Waals surface area contributed by atoms with E-state index in [0.29, 0.717) is 0 Å². The van der Waals surface area contributed by atoms with E-state index in [9.17, 15) is 20.1 Å². The van der Waals surface area contributed by atoms with E-state index < -0.39 is 43.0 Å². The Bertz CT molecular complexity index is 476. The molecular formula is C13H16O8. The number of carbonyl (C=O) groups excluding carboxylic acids is 1. The molecule has 5 N–H and O–H groups in total. The Hall–Kier alpha value is -1.55. The van der Waals surface area contributed by atoms with Gasteiger partial charge in [0.05, 0.1) is 5.56 Å². The summed E-state index contributed by atoms with van der Waals surface area (Å²) >= 11 is 0. The lowest BCUT2D eigenvalue weighted by Crippen LogP contribution is -2.61. The molecule has 5 atom stereocenters. The van der Waals surface area contributed by atoms with Crippen LogP contribution in [0.25, 0.3) is 0 Å². The Balaban J connectivity index is 2.10. The number of hydrogen-bond acceptors (Lipinski definition) is 8. The van der Waals surface area contributed by atoms with Crippen LogP contribution in [0.15, 0.2) is 30.3 Å². The summed E-state index contributed by atoms with van der Waals surface area (Å²) in [5.74, 6) is -0.825. The molecule has 0 aliphatic carbocycles. The van der Waals surface area contributed by atoms with Crippen molar-refractivity contribution in [2.24, 2.45) is 0 Å². The first-order valence-electron chi connectivity index (χ1n) is 6.23. The van der Waals surface area contributed by atoms with Gasteiger partial charge in [-0.1, -0.05) is 18.2 Å². The standard InChI is InChI=1S/C13H16O8/c14-7-8(15)10(11(17)18)20-13(9(7)16)21-12(19)6-4-2-1-3-5-6/h1-5,7-11,13-18H/t7-,8-,9+,10-,13+/m0/s1. The highest BCUT2D eigenvalue weighted by atomic mass is 16.7. The Morgan fingerprint density at radius 2 is 1.67 bits per heavy atom. The minimum Gasteiger partial charge on any atom is -0.429 e. The number of aliphatic hydroxyl groups is 5. The van der Waals surface area contributed by atoms with Crippen LogP contribution < -0.4 is 0 Å². The molecule has 1 aliphatic rings. The summed E-state index contributed by atoms with van der Waals surface area (Å²) < 4.78 is 9.82. The number of rotatable bonds is 3. The first-order chi connectivity index (χ1) is 9.91. The van der Waals surface area contributed by atoms with Crippen molar-refractivity contribution >= 4 is 5.97 Å². The van der Waals surface area contributed by atoms with Crippen LogP contribution in [0.2, 0.25) is 0 Å². The second-order valence-corrected chi connectivity index (χ2v) is 4.63. The van der Waals surface area contributed by atoms with Crippen molar-refractivity contribution in [2.45, 2.75) is 37.0 Å². The minimum atomic E-state index is -2.11. The van der Waals surface area contributed by atoms with Crippen molar-refractivity contribution in [1.29, 1.82) is 0 Å². The summed E-state index contributed by atoms with van der Waals surface area (Å²) in [6.45, 7) is 0. The second-order valence-electron chi connectivity index (χ2n) is 4.63. The molecule has 1 aromatic rings. The van der Waals surface area contributed by atoms with Gasteiger partial charge in [0.15, 0.2) is 6.29 Å². The maximum absolute atomic E-state index is 11.8. The van der Waals surface area contributed by atoms with Gasteiger partial charge in [0.1, 0.15) is 24.4 Å². The molecule has 1 fully saturated rings. The zero-order valence-electron chi connectivity index (χ0n) is 10.8. The zero-order chi connectivity index (χ0) is 15.6. The number of ether oxygens (including phenoxy) is 2. The monoisotopic (exact) mass is 300 g/mol. The molecule has 0 unspecified atom stereocenters. The van der Waals surface area contributed by atoms with E-state index in [-0.39, 0.29) is 5.56 Å². The Morgan fingerprint density at radius 3 is 2.24 bits per heavy atom. The average molecular weight is 300 g/mol. The first kappa shape index (κ1) is 15.8. The predicted octanol–water partition coefficient (Wildman–Crippen LogP) is -2.04. The number of aliphatic hydroxyl groups excluding tert-OH is 4. The van der Waals surface area contributed by atoms with E-state index in [0.717, 1.165) is 0 Å². The third kappa shape index (κ3) is 3.38. The molecule has 0 amide bonds. The van der Waals surface area contributed by atoms with Crippen molar-refractivity contribution in [2.75, 3.05) is 0 Å². The molecule has 0 bridgehead atoms. The molecule has 116 valence electrons. The zero-order valence-corrected chi connectivity index (χ0v) is 10.8. The third-order valence-electron chi connectivity index (χ3n) is 3.13. The van der Waals surface area contributed by atoms with Gasteiger partial charge in [-0.2, -0.15) is 0 Å². The summed E-state index contributed by atoms with van der Waals surface area (Å²) in [7, 11) is 0. The van der Waals surface area contributed by atoms with E-state index >= 15 is 0 Å². The SMILES string of the molecule is O=C(O[C@H]1O[C@H](C(O)O)[C@@H](O)[C@H](O)[C@H]1O)c1ccccc1. The van der Waals surface area contributed by atoms with Crippen LogP contribution in [-0.4, -0.2) is 68.5 Å². The van der Waals surface area contributed by atoms with Gasteiger partial charge in [0.25, 0.3) is 0 Å². The van der Waals surface area contributed by atoms with Crippen molar-refractivity contribution in [3.05, 3.63) is 35.9 Å². The maximum Gasteiger partial charge on any atom is 0.340 e. The van der Waals surface area contributed by atoms with Gasteiger partial charge in [0.2, 0.25) is 6.29 Å². The van der Waals surface area contributed by atoms with Crippen LogP contribution in [0.1, 0.15) is 10.4 Å². The molecule has 2 rings (SSSR count). The molecule has 8 heteroatoms. The Kier molecular flexibility index (Phi) is 4.88. The van der Waals surface area contributed by atoms with Gasteiger partial charge in [-0.25, -0.2) is 4.79 Å². The molecule has 21 heavy (non-hydrogen) atoms. The quantitative estimate of drug-likeness (QED) is 0.318. The number of carbonyl (C=O) groups is 1. The topological polar surface area (TPSA) is 137 Å². The third-order valence-corrected chi connectivity index (χ3v) is 3.13. The summed E-state index contributed by atoms with van der Waals surface area (Å²) in [4.78, 5) is 11.8. The second kappa shape index (κ2) is 6.48. The fraction of sp³-hybridized carbons (Fsp3) is 0.462. The Labute approximate surface area is 119 Å². The van der Waals surface area contributed by atoms with Crippen LogP contribution in [0, 0.1) is 0 Å². The molecule has 1 saturated heterocycles. The molecule has 0 aromatic heterocycles. The average Bonchev–Trinajstić information content (AvgIpc) is 2.48. The lowest BCUT2D eigenvalue weighted by Gasteiger charge is -2.40. The molecule has 1 aliphatic heterocycles. The highest BCUT2D eigenvalue weighted by Gasteiger charge is 2.47. The van der Waals surface area contributed by atoms with Crippen molar-refractivity contribution in [1.82, 2.24) is 0 Å². The number of benzene rings is 1. The molecule has 1 aromatic carbocycles. The summed E-state index contributed by atoms with van der Waals surface area (Å²) in [6.07, 6.45) is -10.6. The van der Waals surface area contributed by atoms with Crippen LogP contribution >= 0.6 is 0 Å². The lowest BCUT2D eigenvalue weighted by molar-refractivity contribution is -0.315. The van der Waals surface area contributed by atoms with Gasteiger partial charge >= 0.3 is 5.97 Å². The first-order valence-corrected chi connectivity index (χ1v) is 6.23. The highest BCUT2D eigenvalue weighted by Crippen LogP contribution is 2.24. The van der Waals surface area contributed by atoms with Gasteiger partial charge in [-0.15, -0.1) is 0 Å². The maximum atomic E-state index is 11.8. The molecule has 0 spiro atoms. The fourth-order valence-corrected chi connectivity index (χ4v) is 1.97. The van der Waals surface area contributed by atoms with Crippen LogP contribution in [0.5, 0.6) is 0 Å². The van der Waals surface area contributed by atoms with E-state index in [4.69, 9.17) is 19.7 Å². The smallest absolute Gasteiger partial charge is 0.340 e. The van der Waals surface area contributed by atoms with Gasteiger partial charge in [-0.05, 0) is 12.1 Å². The normalized spacial score (nSPS) is 33.0. The largest absolute Gasteiger partial charge is 0.429 e. The van der Waals surface area contributed by atoms with Gasteiger partial charge in [-0.3, -0.25) is 0 Å². The molecule has 0 radical (unpaired) electrons. The van der Waals surface area contributed by atoms with Gasteiger partial charge < -0.3 is 35.0 Å². The van der Waals surface area contributed by atoms with Crippen LogP contribution in [0.4, 0.5) is 0 Å². The van der Waals surface area contributed by atoms with E-state index in [2.05, 4.69) is 0 Å². The predicted molar refractivity (Wildman–Crippen MR) is 66.8 cm³/mol. The molecule has 0 saturated carbocycles. The minimum absolute atomic E-state index is 0.190. The van der Waals surface area contributed by atoms with Crippen LogP contribution in [0.3, 0.4) is 0 Å². The highest BCUT2D eigenvalue weighted by molar-refractivity contribution is 5.89. The summed E-state index contributed by atoms with van der Waals surface area (Å²) in [6, 6.07) is 7.85. The van der Waals surface area contributed by atoms with E-state index in [1.54, 1.807) is 18.2 Å². The Morgan fingerprint density at radius 1 is 1.05 bits per heavy atom. The number of esters is 1. The van der Waals surface area contributed by atoms with E-state index in [1.807, 2.05) is 0 Å².